The highest BCUT2D eigenvalue weighted by Crippen LogP contribution is 2.30. The van der Waals surface area contributed by atoms with Crippen molar-refractivity contribution < 1.29 is 19.1 Å². The molecule has 0 unspecified atom stereocenters. The Morgan fingerprint density at radius 1 is 1.24 bits per heavy atom. The molecule has 0 saturated carbocycles. The van der Waals surface area contributed by atoms with Crippen molar-refractivity contribution in [2.75, 3.05) is 36.5 Å². The molecular weight excluding hydrogens is 438 g/mol. The Balaban J connectivity index is 1.50. The Morgan fingerprint density at radius 3 is 2.79 bits per heavy atom. The minimum absolute atomic E-state index is 0.0940. The third-order valence-corrected chi connectivity index (χ3v) is 6.15. The van der Waals surface area contributed by atoms with Crippen LogP contribution in [0.3, 0.4) is 0 Å². The van der Waals surface area contributed by atoms with Crippen LogP contribution in [0.4, 0.5) is 11.8 Å². The maximum Gasteiger partial charge on any atom is 0.310 e. The van der Waals surface area contributed by atoms with Crippen molar-refractivity contribution in [3.63, 3.8) is 0 Å². The van der Waals surface area contributed by atoms with Crippen molar-refractivity contribution in [2.45, 2.75) is 38.5 Å². The molecule has 34 heavy (non-hydrogen) atoms. The van der Waals surface area contributed by atoms with Gasteiger partial charge < -0.3 is 20.3 Å². The largest absolute Gasteiger partial charge is 0.466 e. The number of fused-ring (bicyclic) bond motifs is 1. The molecule has 0 radical (unpaired) electrons. The summed E-state index contributed by atoms with van der Waals surface area (Å²) in [4.78, 5) is 59.4. The molecule has 0 bridgehead atoms. The van der Waals surface area contributed by atoms with Crippen molar-refractivity contribution in [2.24, 2.45) is 5.92 Å². The van der Waals surface area contributed by atoms with Gasteiger partial charge in [-0.1, -0.05) is 30.3 Å². The average molecular weight is 468 g/mol. The summed E-state index contributed by atoms with van der Waals surface area (Å²) in [5.74, 6) is -1.89. The van der Waals surface area contributed by atoms with Gasteiger partial charge in [-0.25, -0.2) is 0 Å². The van der Waals surface area contributed by atoms with Gasteiger partial charge in [0.1, 0.15) is 5.82 Å². The van der Waals surface area contributed by atoms with E-state index in [9.17, 15) is 19.2 Å². The van der Waals surface area contributed by atoms with Crippen LogP contribution in [0.2, 0.25) is 0 Å². The summed E-state index contributed by atoms with van der Waals surface area (Å²) in [5, 5.41) is 5.47. The molecule has 2 aromatic rings. The molecule has 1 aromatic carbocycles. The SMILES string of the molecule is CCOC(=O)[C@@H]1CCCN(c2nc3c(c(=O)[nH]2)[C@@H](C(=O)NCCc2ccccc2)CC(=O)N3)C1. The van der Waals surface area contributed by atoms with Crippen molar-refractivity contribution in [1.82, 2.24) is 15.3 Å². The Bertz CT molecular complexity index is 1120. The van der Waals surface area contributed by atoms with Gasteiger partial charge in [0.2, 0.25) is 17.8 Å². The van der Waals surface area contributed by atoms with Crippen LogP contribution < -0.4 is 21.1 Å². The van der Waals surface area contributed by atoms with E-state index < -0.39 is 11.5 Å². The number of benzene rings is 1. The summed E-state index contributed by atoms with van der Waals surface area (Å²) in [7, 11) is 0. The monoisotopic (exact) mass is 467 g/mol. The lowest BCUT2D eigenvalue weighted by Gasteiger charge is -2.32. The highest BCUT2D eigenvalue weighted by molar-refractivity contribution is 6.00. The topological polar surface area (TPSA) is 133 Å². The number of aromatic nitrogens is 2. The second-order valence-corrected chi connectivity index (χ2v) is 8.52. The number of hydrogen-bond acceptors (Lipinski definition) is 7. The normalized spacial score (nSPS) is 19.7. The van der Waals surface area contributed by atoms with Crippen molar-refractivity contribution >= 4 is 29.5 Å². The van der Waals surface area contributed by atoms with Crippen molar-refractivity contribution in [3.8, 4) is 0 Å². The summed E-state index contributed by atoms with van der Waals surface area (Å²) in [6.07, 6.45) is 1.96. The summed E-state index contributed by atoms with van der Waals surface area (Å²) in [6.45, 7) is 3.43. The van der Waals surface area contributed by atoms with Crippen LogP contribution in [0, 0.1) is 5.92 Å². The third kappa shape index (κ3) is 5.27. The summed E-state index contributed by atoms with van der Waals surface area (Å²) in [6, 6.07) is 9.73. The van der Waals surface area contributed by atoms with E-state index in [1.165, 1.54) is 0 Å². The highest BCUT2D eigenvalue weighted by atomic mass is 16.5. The smallest absolute Gasteiger partial charge is 0.310 e. The Labute approximate surface area is 197 Å². The molecule has 10 heteroatoms. The maximum absolute atomic E-state index is 13.0. The molecule has 2 aliphatic heterocycles. The third-order valence-electron chi connectivity index (χ3n) is 6.15. The molecule has 3 N–H and O–H groups in total. The van der Waals surface area contributed by atoms with E-state index in [4.69, 9.17) is 4.74 Å². The van der Waals surface area contributed by atoms with E-state index in [-0.39, 0.29) is 47.5 Å². The number of carbonyl (C=O) groups is 3. The average Bonchev–Trinajstić information content (AvgIpc) is 2.84. The predicted molar refractivity (Wildman–Crippen MR) is 126 cm³/mol. The first kappa shape index (κ1) is 23.5. The molecule has 2 atom stereocenters. The highest BCUT2D eigenvalue weighted by Gasteiger charge is 2.36. The minimum atomic E-state index is -0.918. The Hall–Kier alpha value is -3.69. The van der Waals surface area contributed by atoms with Crippen LogP contribution in [0.1, 0.15) is 43.2 Å². The molecular formula is C24H29N5O5. The van der Waals surface area contributed by atoms with Crippen molar-refractivity contribution in [1.29, 1.82) is 0 Å². The Morgan fingerprint density at radius 2 is 2.03 bits per heavy atom. The number of esters is 1. The molecule has 4 rings (SSSR count). The van der Waals surface area contributed by atoms with Crippen molar-refractivity contribution in [3.05, 3.63) is 51.8 Å². The van der Waals surface area contributed by atoms with E-state index in [0.717, 1.165) is 12.0 Å². The fraction of sp³-hybridized carbons (Fsp3) is 0.458. The van der Waals surface area contributed by atoms with Gasteiger partial charge in [-0.3, -0.25) is 24.2 Å². The predicted octanol–water partition coefficient (Wildman–Crippen LogP) is 1.33. The number of piperidine rings is 1. The quantitative estimate of drug-likeness (QED) is 0.523. The summed E-state index contributed by atoms with van der Waals surface area (Å²) >= 11 is 0. The molecule has 0 spiro atoms. The van der Waals surface area contributed by atoms with Gasteiger partial charge in [0, 0.05) is 26.1 Å². The molecule has 2 aliphatic rings. The van der Waals surface area contributed by atoms with Gasteiger partial charge in [-0.2, -0.15) is 4.98 Å². The molecule has 0 aliphatic carbocycles. The molecule has 1 fully saturated rings. The Kier molecular flexibility index (Phi) is 7.24. The number of aromatic amines is 1. The molecule has 180 valence electrons. The number of nitrogens with one attached hydrogen (secondary N) is 3. The van der Waals surface area contributed by atoms with Gasteiger partial charge in [-0.05, 0) is 31.7 Å². The number of carbonyl (C=O) groups excluding carboxylic acids is 3. The second-order valence-electron chi connectivity index (χ2n) is 8.52. The number of anilines is 2. The van der Waals surface area contributed by atoms with Crippen LogP contribution in [0.5, 0.6) is 0 Å². The van der Waals surface area contributed by atoms with Crippen LogP contribution in [0.15, 0.2) is 35.1 Å². The number of nitrogens with zero attached hydrogens (tertiary/aromatic N) is 2. The maximum atomic E-state index is 13.0. The number of hydrogen-bond donors (Lipinski definition) is 3. The molecule has 10 nitrogen and oxygen atoms in total. The van der Waals surface area contributed by atoms with E-state index in [1.54, 1.807) is 6.92 Å². The van der Waals surface area contributed by atoms with Crippen LogP contribution in [0.25, 0.3) is 0 Å². The first-order valence-electron chi connectivity index (χ1n) is 11.6. The number of H-pyrrole nitrogens is 1. The fourth-order valence-corrected chi connectivity index (χ4v) is 4.45. The zero-order valence-electron chi connectivity index (χ0n) is 19.1. The van der Waals surface area contributed by atoms with E-state index in [2.05, 4.69) is 20.6 Å². The van der Waals surface area contributed by atoms with Gasteiger partial charge in [-0.15, -0.1) is 0 Å². The van der Waals surface area contributed by atoms with Crippen LogP contribution in [-0.2, 0) is 25.5 Å². The lowest BCUT2D eigenvalue weighted by atomic mass is 9.92. The zero-order chi connectivity index (χ0) is 24.1. The first-order chi connectivity index (χ1) is 16.5. The minimum Gasteiger partial charge on any atom is -0.466 e. The number of ether oxygens (including phenoxy) is 1. The number of amides is 2. The summed E-state index contributed by atoms with van der Waals surface area (Å²) < 4.78 is 5.14. The zero-order valence-corrected chi connectivity index (χ0v) is 19.1. The van der Waals surface area contributed by atoms with Gasteiger partial charge in [0.05, 0.1) is 24.0 Å². The van der Waals surface area contributed by atoms with E-state index in [1.807, 2.05) is 35.2 Å². The first-order valence-corrected chi connectivity index (χ1v) is 11.6. The van der Waals surface area contributed by atoms with E-state index >= 15 is 0 Å². The second kappa shape index (κ2) is 10.5. The molecule has 1 saturated heterocycles. The standard InChI is InChI=1S/C24H29N5O5/c1-2-34-23(33)16-9-6-12-29(14-16)24-27-20-19(22(32)28-24)17(13-18(30)26-20)21(31)25-11-10-15-7-4-3-5-8-15/h3-5,7-8,16-17H,2,6,9-14H2,1H3,(H,25,31)(H2,26,27,28,30,32)/t16-,17+/m1/s1. The summed E-state index contributed by atoms with van der Waals surface area (Å²) in [5.41, 5.74) is 0.761. The lowest BCUT2D eigenvalue weighted by molar-refractivity contribution is -0.148. The van der Waals surface area contributed by atoms with Gasteiger partial charge in [0.15, 0.2) is 0 Å². The molecule has 1 aromatic heterocycles. The van der Waals surface area contributed by atoms with Crippen LogP contribution >= 0.6 is 0 Å². The lowest BCUT2D eigenvalue weighted by Crippen LogP contribution is -2.43. The van der Waals surface area contributed by atoms with Gasteiger partial charge in [0.25, 0.3) is 5.56 Å². The fourth-order valence-electron chi connectivity index (χ4n) is 4.45. The van der Waals surface area contributed by atoms with E-state index in [0.29, 0.717) is 39.1 Å². The van der Waals surface area contributed by atoms with Gasteiger partial charge >= 0.3 is 5.97 Å². The van der Waals surface area contributed by atoms with Crippen LogP contribution in [-0.4, -0.2) is 54.0 Å². The molecule has 2 amide bonds. The molecule has 3 heterocycles. The number of rotatable bonds is 7.